The molecule has 1 fully saturated rings. The van der Waals surface area contributed by atoms with Crippen LogP contribution < -0.4 is 10.6 Å². The first-order valence-corrected chi connectivity index (χ1v) is 6.59. The third-order valence-electron chi connectivity index (χ3n) is 3.36. The van der Waals surface area contributed by atoms with Crippen molar-refractivity contribution in [2.75, 3.05) is 18.4 Å². The lowest BCUT2D eigenvalue weighted by atomic mass is 9.88. The molecule has 1 heterocycles. The molecule has 0 radical (unpaired) electrons. The Morgan fingerprint density at radius 1 is 1.53 bits per heavy atom. The highest BCUT2D eigenvalue weighted by molar-refractivity contribution is 9.10. The quantitative estimate of drug-likeness (QED) is 0.881. The summed E-state index contributed by atoms with van der Waals surface area (Å²) in [5.41, 5.74) is 1.68. The van der Waals surface area contributed by atoms with E-state index >= 15 is 0 Å². The Morgan fingerprint density at radius 3 is 2.94 bits per heavy atom. The van der Waals surface area contributed by atoms with Crippen molar-refractivity contribution in [3.63, 3.8) is 0 Å². The minimum Gasteiger partial charge on any atom is -0.325 e. The number of benzene rings is 1. The molecule has 1 atom stereocenters. The molecule has 1 amide bonds. The van der Waals surface area contributed by atoms with Gasteiger partial charge in [0.05, 0.1) is 5.41 Å². The number of hydrogen-bond acceptors (Lipinski definition) is 2. The lowest BCUT2D eigenvalue weighted by Gasteiger charge is -2.22. The van der Waals surface area contributed by atoms with Crippen LogP contribution in [0.2, 0.25) is 0 Å². The van der Waals surface area contributed by atoms with Gasteiger partial charge in [-0.3, -0.25) is 4.79 Å². The van der Waals surface area contributed by atoms with Crippen molar-refractivity contribution >= 4 is 27.5 Å². The SMILES string of the molecule is Cc1ccc(Br)cc1NC(=O)C1(C)CCNC1. The number of carbonyl (C=O) groups excluding carboxylic acids is 1. The summed E-state index contributed by atoms with van der Waals surface area (Å²) < 4.78 is 0.980. The predicted molar refractivity (Wildman–Crippen MR) is 73.1 cm³/mol. The number of amides is 1. The van der Waals surface area contributed by atoms with Crippen LogP contribution in [0.25, 0.3) is 0 Å². The molecule has 1 aromatic rings. The fraction of sp³-hybridized carbons (Fsp3) is 0.462. The van der Waals surface area contributed by atoms with Gasteiger partial charge in [0, 0.05) is 16.7 Å². The van der Waals surface area contributed by atoms with E-state index in [1.54, 1.807) is 0 Å². The number of hydrogen-bond donors (Lipinski definition) is 2. The molecular weight excluding hydrogens is 280 g/mol. The topological polar surface area (TPSA) is 41.1 Å². The maximum absolute atomic E-state index is 12.2. The van der Waals surface area contributed by atoms with Gasteiger partial charge in [0.2, 0.25) is 5.91 Å². The smallest absolute Gasteiger partial charge is 0.231 e. The van der Waals surface area contributed by atoms with Crippen molar-refractivity contribution in [1.29, 1.82) is 0 Å². The van der Waals surface area contributed by atoms with Gasteiger partial charge in [-0.1, -0.05) is 22.0 Å². The molecule has 1 aliphatic rings. The Hall–Kier alpha value is -0.870. The number of anilines is 1. The zero-order valence-electron chi connectivity index (χ0n) is 10.1. The summed E-state index contributed by atoms with van der Waals surface area (Å²) in [4.78, 5) is 12.2. The van der Waals surface area contributed by atoms with Gasteiger partial charge in [0.25, 0.3) is 0 Å². The van der Waals surface area contributed by atoms with E-state index in [0.29, 0.717) is 0 Å². The van der Waals surface area contributed by atoms with Crippen LogP contribution in [0.5, 0.6) is 0 Å². The van der Waals surface area contributed by atoms with Crippen LogP contribution in [0.3, 0.4) is 0 Å². The molecule has 3 nitrogen and oxygen atoms in total. The highest BCUT2D eigenvalue weighted by Gasteiger charge is 2.36. The van der Waals surface area contributed by atoms with E-state index in [9.17, 15) is 4.79 Å². The van der Waals surface area contributed by atoms with Gasteiger partial charge in [-0.25, -0.2) is 0 Å². The average molecular weight is 297 g/mol. The molecule has 17 heavy (non-hydrogen) atoms. The van der Waals surface area contributed by atoms with Crippen LogP contribution in [-0.2, 0) is 4.79 Å². The van der Waals surface area contributed by atoms with Crippen LogP contribution >= 0.6 is 15.9 Å². The number of halogens is 1. The molecule has 0 saturated carbocycles. The number of carbonyl (C=O) groups is 1. The molecule has 1 aromatic carbocycles. The minimum atomic E-state index is -0.283. The highest BCUT2D eigenvalue weighted by atomic mass is 79.9. The molecule has 2 rings (SSSR count). The third-order valence-corrected chi connectivity index (χ3v) is 3.86. The Balaban J connectivity index is 2.15. The lowest BCUT2D eigenvalue weighted by molar-refractivity contribution is -0.123. The molecule has 4 heteroatoms. The van der Waals surface area contributed by atoms with E-state index in [0.717, 1.165) is 35.2 Å². The van der Waals surface area contributed by atoms with Gasteiger partial charge in [0.15, 0.2) is 0 Å². The fourth-order valence-electron chi connectivity index (χ4n) is 2.01. The summed E-state index contributed by atoms with van der Waals surface area (Å²) in [6.45, 7) is 5.68. The summed E-state index contributed by atoms with van der Waals surface area (Å²) in [6.07, 6.45) is 0.895. The first-order chi connectivity index (χ1) is 8.01. The Morgan fingerprint density at radius 2 is 2.29 bits per heavy atom. The standard InChI is InChI=1S/C13H17BrN2O/c1-9-3-4-10(14)7-11(9)16-12(17)13(2)5-6-15-8-13/h3-4,7,15H,5-6,8H2,1-2H3,(H,16,17). The Labute approximate surface area is 110 Å². The maximum atomic E-state index is 12.2. The van der Waals surface area contributed by atoms with Gasteiger partial charge in [-0.2, -0.15) is 0 Å². The fourth-order valence-corrected chi connectivity index (χ4v) is 2.37. The van der Waals surface area contributed by atoms with E-state index in [4.69, 9.17) is 0 Å². The zero-order chi connectivity index (χ0) is 12.5. The van der Waals surface area contributed by atoms with Crippen molar-refractivity contribution in [1.82, 2.24) is 5.32 Å². The molecule has 0 bridgehead atoms. The van der Waals surface area contributed by atoms with Crippen molar-refractivity contribution in [3.05, 3.63) is 28.2 Å². The molecule has 1 saturated heterocycles. The summed E-state index contributed by atoms with van der Waals surface area (Å²) >= 11 is 3.42. The maximum Gasteiger partial charge on any atom is 0.231 e. The number of rotatable bonds is 2. The second kappa shape index (κ2) is 4.78. The Kier molecular flexibility index (Phi) is 3.54. The van der Waals surface area contributed by atoms with E-state index in [2.05, 4.69) is 26.6 Å². The Bertz CT molecular complexity index is 439. The molecule has 0 aliphatic carbocycles. The first kappa shape index (κ1) is 12.6. The monoisotopic (exact) mass is 296 g/mol. The van der Waals surface area contributed by atoms with Gasteiger partial charge >= 0.3 is 0 Å². The number of nitrogens with one attached hydrogen (secondary N) is 2. The molecule has 0 spiro atoms. The van der Waals surface area contributed by atoms with Crippen molar-refractivity contribution in [3.8, 4) is 0 Å². The second-order valence-electron chi connectivity index (χ2n) is 4.90. The van der Waals surface area contributed by atoms with Gasteiger partial charge in [0.1, 0.15) is 0 Å². The van der Waals surface area contributed by atoms with E-state index < -0.39 is 0 Å². The van der Waals surface area contributed by atoms with Crippen LogP contribution in [0.4, 0.5) is 5.69 Å². The van der Waals surface area contributed by atoms with E-state index in [1.807, 2.05) is 32.0 Å². The van der Waals surface area contributed by atoms with Crippen LogP contribution in [-0.4, -0.2) is 19.0 Å². The molecule has 2 N–H and O–H groups in total. The molecule has 0 aromatic heterocycles. The molecule has 1 unspecified atom stereocenters. The van der Waals surface area contributed by atoms with Crippen LogP contribution in [0.15, 0.2) is 22.7 Å². The van der Waals surface area contributed by atoms with Crippen molar-refractivity contribution in [2.45, 2.75) is 20.3 Å². The average Bonchev–Trinajstić information content (AvgIpc) is 2.72. The number of aryl methyl sites for hydroxylation is 1. The molecular formula is C13H17BrN2O. The zero-order valence-corrected chi connectivity index (χ0v) is 11.7. The van der Waals surface area contributed by atoms with Gasteiger partial charge in [-0.05, 0) is 44.5 Å². The van der Waals surface area contributed by atoms with E-state index in [-0.39, 0.29) is 11.3 Å². The first-order valence-electron chi connectivity index (χ1n) is 5.80. The highest BCUT2D eigenvalue weighted by Crippen LogP contribution is 2.28. The molecule has 92 valence electrons. The second-order valence-corrected chi connectivity index (χ2v) is 5.82. The summed E-state index contributed by atoms with van der Waals surface area (Å²) in [5, 5.41) is 6.26. The summed E-state index contributed by atoms with van der Waals surface area (Å²) in [5.74, 6) is 0.101. The van der Waals surface area contributed by atoms with Crippen LogP contribution in [0, 0.1) is 12.3 Å². The third kappa shape index (κ3) is 2.69. The summed E-state index contributed by atoms with van der Waals surface area (Å²) in [7, 11) is 0. The van der Waals surface area contributed by atoms with E-state index in [1.165, 1.54) is 0 Å². The lowest BCUT2D eigenvalue weighted by Crippen LogP contribution is -2.35. The predicted octanol–water partition coefficient (Wildman–Crippen LogP) is 2.70. The minimum absolute atomic E-state index is 0.101. The van der Waals surface area contributed by atoms with Crippen molar-refractivity contribution < 1.29 is 4.79 Å². The van der Waals surface area contributed by atoms with Crippen LogP contribution in [0.1, 0.15) is 18.9 Å². The normalized spacial score (nSPS) is 23.7. The molecule has 1 aliphatic heterocycles. The van der Waals surface area contributed by atoms with Crippen molar-refractivity contribution in [2.24, 2.45) is 5.41 Å². The summed E-state index contributed by atoms with van der Waals surface area (Å²) in [6, 6.07) is 5.91. The van der Waals surface area contributed by atoms with Gasteiger partial charge < -0.3 is 10.6 Å². The van der Waals surface area contributed by atoms with Gasteiger partial charge in [-0.15, -0.1) is 0 Å². The largest absolute Gasteiger partial charge is 0.325 e.